The second-order valence-electron chi connectivity index (χ2n) is 7.38. The van der Waals surface area contributed by atoms with Crippen LogP contribution in [0, 0.1) is 5.92 Å². The number of ether oxygens (including phenoxy) is 2. The van der Waals surface area contributed by atoms with Gasteiger partial charge in [0.25, 0.3) is 0 Å². The number of rotatable bonds is 6. The molecule has 5 nitrogen and oxygen atoms in total. The summed E-state index contributed by atoms with van der Waals surface area (Å²) in [6, 6.07) is 6.05. The van der Waals surface area contributed by atoms with Gasteiger partial charge in [-0.1, -0.05) is 6.07 Å². The molecule has 0 radical (unpaired) electrons. The maximum absolute atomic E-state index is 12.9. The van der Waals surface area contributed by atoms with E-state index in [1.54, 1.807) is 18.5 Å². The van der Waals surface area contributed by atoms with Gasteiger partial charge in [-0.3, -0.25) is 4.90 Å². The third-order valence-electron chi connectivity index (χ3n) is 5.70. The third-order valence-corrected chi connectivity index (χ3v) is 5.70. The lowest BCUT2D eigenvalue weighted by Gasteiger charge is -2.35. The molecule has 28 heavy (non-hydrogen) atoms. The Hall–Kier alpha value is -2.35. The zero-order chi connectivity index (χ0) is 19.7. The summed E-state index contributed by atoms with van der Waals surface area (Å²) in [6.45, 7) is 1.07. The fourth-order valence-electron chi connectivity index (χ4n) is 4.35. The average Bonchev–Trinajstić information content (AvgIpc) is 3.28. The van der Waals surface area contributed by atoms with Gasteiger partial charge in [-0.15, -0.1) is 0 Å². The number of halogens is 3. The maximum Gasteiger partial charge on any atom is 0.416 e. The van der Waals surface area contributed by atoms with E-state index < -0.39 is 11.7 Å². The summed E-state index contributed by atoms with van der Waals surface area (Å²) in [7, 11) is 1.52. The van der Waals surface area contributed by atoms with Crippen LogP contribution in [0.3, 0.4) is 0 Å². The van der Waals surface area contributed by atoms with Crippen LogP contribution in [-0.4, -0.2) is 40.7 Å². The minimum Gasteiger partial charge on any atom is -0.492 e. The van der Waals surface area contributed by atoms with Gasteiger partial charge in [0.1, 0.15) is 12.4 Å². The van der Waals surface area contributed by atoms with Gasteiger partial charge in [0.05, 0.1) is 12.7 Å². The molecule has 2 bridgehead atoms. The van der Waals surface area contributed by atoms with Crippen molar-refractivity contribution in [3.05, 3.63) is 47.8 Å². The minimum atomic E-state index is -4.37. The Morgan fingerprint density at radius 2 is 1.96 bits per heavy atom. The van der Waals surface area contributed by atoms with Crippen molar-refractivity contribution in [2.75, 3.05) is 13.7 Å². The number of alkyl halides is 3. The van der Waals surface area contributed by atoms with Gasteiger partial charge in [0, 0.05) is 36.6 Å². The first-order chi connectivity index (χ1) is 13.4. The van der Waals surface area contributed by atoms with E-state index in [1.807, 2.05) is 0 Å². The standard InChI is InChI=1S/C20H22F3N3O2/c1-27-19-24-9-13(10-25-19)11-26-16-6-5-14(7-16)18(26)12-28-17-4-2-3-15(8-17)20(21,22)23/h2-4,8-10,14,16,18H,5-7,11-12H2,1H3/t14?,16?,18-/m1/s1. The molecular weight excluding hydrogens is 371 g/mol. The van der Waals surface area contributed by atoms with E-state index in [0.717, 1.165) is 37.0 Å². The second kappa shape index (κ2) is 7.58. The predicted molar refractivity (Wildman–Crippen MR) is 96.0 cm³/mol. The van der Waals surface area contributed by atoms with Gasteiger partial charge in [-0.2, -0.15) is 13.2 Å². The Bertz CT molecular complexity index is 813. The first-order valence-electron chi connectivity index (χ1n) is 9.35. The summed E-state index contributed by atoms with van der Waals surface area (Å²) in [5.41, 5.74) is 0.294. The van der Waals surface area contributed by atoms with E-state index >= 15 is 0 Å². The van der Waals surface area contributed by atoms with E-state index in [2.05, 4.69) is 14.9 Å². The Kier molecular flexibility index (Phi) is 5.14. The Morgan fingerprint density at radius 1 is 1.18 bits per heavy atom. The molecule has 2 unspecified atom stereocenters. The molecule has 1 aromatic heterocycles. The highest BCUT2D eigenvalue weighted by Gasteiger charge is 2.46. The molecule has 1 aliphatic carbocycles. The van der Waals surface area contributed by atoms with Gasteiger partial charge in [-0.05, 0) is 43.4 Å². The minimum absolute atomic E-state index is 0.176. The lowest BCUT2D eigenvalue weighted by atomic mass is 9.99. The SMILES string of the molecule is COc1ncc(CN2C3CCC(C3)[C@H]2COc2cccc(C(F)(F)F)c2)cn1. The number of hydrogen-bond acceptors (Lipinski definition) is 5. The summed E-state index contributed by atoms with van der Waals surface area (Å²) in [5, 5.41) is 0. The van der Waals surface area contributed by atoms with E-state index in [4.69, 9.17) is 9.47 Å². The summed E-state index contributed by atoms with van der Waals surface area (Å²) in [5.74, 6) is 0.764. The normalized spacial score (nSPS) is 24.5. The van der Waals surface area contributed by atoms with Gasteiger partial charge < -0.3 is 9.47 Å². The molecule has 8 heteroatoms. The largest absolute Gasteiger partial charge is 0.492 e. The summed E-state index contributed by atoms with van der Waals surface area (Å²) in [4.78, 5) is 10.7. The quantitative estimate of drug-likeness (QED) is 0.744. The first-order valence-corrected chi connectivity index (χ1v) is 9.35. The molecule has 2 fully saturated rings. The molecule has 0 N–H and O–H groups in total. The molecule has 4 rings (SSSR count). The van der Waals surface area contributed by atoms with E-state index in [-0.39, 0.29) is 11.8 Å². The van der Waals surface area contributed by atoms with Crippen LogP contribution in [0.4, 0.5) is 13.2 Å². The second-order valence-corrected chi connectivity index (χ2v) is 7.38. The predicted octanol–water partition coefficient (Wildman–Crippen LogP) is 3.94. The van der Waals surface area contributed by atoms with Crippen molar-refractivity contribution in [2.45, 2.75) is 44.1 Å². The van der Waals surface area contributed by atoms with Crippen LogP contribution in [0.1, 0.15) is 30.4 Å². The maximum atomic E-state index is 12.9. The van der Waals surface area contributed by atoms with Crippen LogP contribution < -0.4 is 9.47 Å². The van der Waals surface area contributed by atoms with Crippen molar-refractivity contribution in [3.8, 4) is 11.8 Å². The van der Waals surface area contributed by atoms with Crippen LogP contribution >= 0.6 is 0 Å². The van der Waals surface area contributed by atoms with Crippen LogP contribution in [0.5, 0.6) is 11.8 Å². The number of likely N-dealkylation sites (tertiary alicyclic amines) is 1. The van der Waals surface area contributed by atoms with Crippen LogP contribution in [0.25, 0.3) is 0 Å². The summed E-state index contributed by atoms with van der Waals surface area (Å²) in [6.07, 6.45) is 2.52. The third kappa shape index (κ3) is 3.92. The van der Waals surface area contributed by atoms with Crippen molar-refractivity contribution in [1.82, 2.24) is 14.9 Å². The molecule has 1 aliphatic heterocycles. The lowest BCUT2D eigenvalue weighted by molar-refractivity contribution is -0.137. The highest BCUT2D eigenvalue weighted by molar-refractivity contribution is 5.30. The molecule has 2 heterocycles. The monoisotopic (exact) mass is 393 g/mol. The van der Waals surface area contributed by atoms with Crippen molar-refractivity contribution in [2.24, 2.45) is 5.92 Å². The number of nitrogens with zero attached hydrogens (tertiary/aromatic N) is 3. The zero-order valence-corrected chi connectivity index (χ0v) is 15.5. The van der Waals surface area contributed by atoms with Crippen LogP contribution in [0.2, 0.25) is 0 Å². The van der Waals surface area contributed by atoms with E-state index in [9.17, 15) is 13.2 Å². The number of hydrogen-bond donors (Lipinski definition) is 0. The van der Waals surface area contributed by atoms with Gasteiger partial charge in [0.2, 0.25) is 0 Å². The zero-order valence-electron chi connectivity index (χ0n) is 15.5. The fourth-order valence-corrected chi connectivity index (χ4v) is 4.35. The Morgan fingerprint density at radius 3 is 2.68 bits per heavy atom. The van der Waals surface area contributed by atoms with E-state index in [1.165, 1.54) is 13.2 Å². The molecule has 150 valence electrons. The molecule has 1 saturated carbocycles. The van der Waals surface area contributed by atoms with Crippen molar-refractivity contribution in [3.63, 3.8) is 0 Å². The molecular formula is C20H22F3N3O2. The highest BCUT2D eigenvalue weighted by atomic mass is 19.4. The van der Waals surface area contributed by atoms with Gasteiger partial charge in [0.15, 0.2) is 0 Å². The molecule has 1 aromatic carbocycles. The Balaban J connectivity index is 1.44. The van der Waals surface area contributed by atoms with Gasteiger partial charge >= 0.3 is 12.2 Å². The number of fused-ring (bicyclic) bond motifs is 2. The highest BCUT2D eigenvalue weighted by Crippen LogP contribution is 2.43. The van der Waals surface area contributed by atoms with E-state index in [0.29, 0.717) is 31.1 Å². The van der Waals surface area contributed by atoms with Crippen molar-refractivity contribution < 1.29 is 22.6 Å². The summed E-state index contributed by atoms with van der Waals surface area (Å²) >= 11 is 0. The first kappa shape index (κ1) is 19.0. The molecule has 3 atom stereocenters. The number of methoxy groups -OCH3 is 1. The van der Waals surface area contributed by atoms with Crippen molar-refractivity contribution >= 4 is 0 Å². The molecule has 0 amide bonds. The Labute approximate surface area is 161 Å². The topological polar surface area (TPSA) is 47.5 Å². The molecule has 0 spiro atoms. The van der Waals surface area contributed by atoms with Crippen molar-refractivity contribution in [1.29, 1.82) is 0 Å². The van der Waals surface area contributed by atoms with Crippen LogP contribution in [0.15, 0.2) is 36.7 Å². The average molecular weight is 393 g/mol. The molecule has 2 aromatic rings. The smallest absolute Gasteiger partial charge is 0.416 e. The lowest BCUT2D eigenvalue weighted by Crippen LogP contribution is -2.43. The fraction of sp³-hybridized carbons (Fsp3) is 0.500. The molecule has 1 saturated heterocycles. The van der Waals surface area contributed by atoms with Gasteiger partial charge in [-0.25, -0.2) is 9.97 Å². The number of benzene rings is 1. The number of piperidine rings is 1. The summed E-state index contributed by atoms with van der Waals surface area (Å²) < 4.78 is 49.5. The molecule has 2 aliphatic rings. The van der Waals surface area contributed by atoms with Crippen LogP contribution in [-0.2, 0) is 12.7 Å². The number of aromatic nitrogens is 2.